The predicted octanol–water partition coefficient (Wildman–Crippen LogP) is 4.27. The van der Waals surface area contributed by atoms with Gasteiger partial charge in [0, 0.05) is 29.1 Å². The second kappa shape index (κ2) is 5.57. The van der Waals surface area contributed by atoms with Crippen molar-refractivity contribution in [1.82, 2.24) is 9.97 Å². The van der Waals surface area contributed by atoms with E-state index in [0.717, 1.165) is 33.5 Å². The molecule has 0 aliphatic rings. The van der Waals surface area contributed by atoms with E-state index in [-0.39, 0.29) is 0 Å². The summed E-state index contributed by atoms with van der Waals surface area (Å²) in [7, 11) is 1.88. The zero-order valence-corrected chi connectivity index (χ0v) is 12.4. The summed E-state index contributed by atoms with van der Waals surface area (Å²) in [4.78, 5) is 9.23. The van der Waals surface area contributed by atoms with Gasteiger partial charge < -0.3 is 5.32 Å². The average Bonchev–Trinajstić information content (AvgIpc) is 2.40. The molecular formula is C15H18ClN3. The van der Waals surface area contributed by atoms with Gasteiger partial charge in [0.1, 0.15) is 11.6 Å². The molecule has 1 aromatic heterocycles. The zero-order valence-electron chi connectivity index (χ0n) is 11.7. The number of nitrogens with zero attached hydrogens (tertiary/aromatic N) is 2. The molecule has 2 rings (SSSR count). The molecular weight excluding hydrogens is 258 g/mol. The van der Waals surface area contributed by atoms with E-state index in [1.165, 1.54) is 0 Å². The molecule has 1 aromatic carbocycles. The highest BCUT2D eigenvalue weighted by Gasteiger charge is 2.13. The van der Waals surface area contributed by atoms with Crippen LogP contribution in [0.2, 0.25) is 5.02 Å². The maximum absolute atomic E-state index is 5.93. The first-order valence-electron chi connectivity index (χ1n) is 6.35. The lowest BCUT2D eigenvalue weighted by Crippen LogP contribution is -2.06. The van der Waals surface area contributed by atoms with Crippen molar-refractivity contribution in [2.75, 3.05) is 12.4 Å². The maximum Gasteiger partial charge on any atom is 0.133 e. The monoisotopic (exact) mass is 275 g/mol. The molecule has 0 atom stereocenters. The fraction of sp³-hybridized carbons (Fsp3) is 0.333. The molecule has 1 heterocycles. The Hall–Kier alpha value is -1.61. The van der Waals surface area contributed by atoms with E-state index >= 15 is 0 Å². The molecule has 4 heteroatoms. The Morgan fingerprint density at radius 1 is 1.11 bits per heavy atom. The Labute approximate surface area is 119 Å². The Morgan fingerprint density at radius 2 is 1.74 bits per heavy atom. The van der Waals surface area contributed by atoms with Crippen LogP contribution in [0.5, 0.6) is 0 Å². The molecule has 2 aromatic rings. The fourth-order valence-corrected chi connectivity index (χ4v) is 2.05. The van der Waals surface area contributed by atoms with Gasteiger partial charge in [-0.1, -0.05) is 37.6 Å². The summed E-state index contributed by atoms with van der Waals surface area (Å²) in [6.45, 7) is 6.21. The summed E-state index contributed by atoms with van der Waals surface area (Å²) in [6, 6.07) is 7.74. The van der Waals surface area contributed by atoms with Gasteiger partial charge in [0.05, 0.1) is 5.69 Å². The summed E-state index contributed by atoms with van der Waals surface area (Å²) in [6.07, 6.45) is 0. The maximum atomic E-state index is 5.93. The van der Waals surface area contributed by atoms with Crippen LogP contribution in [0, 0.1) is 6.92 Å². The highest BCUT2D eigenvalue weighted by atomic mass is 35.5. The molecule has 0 spiro atoms. The largest absolute Gasteiger partial charge is 0.373 e. The number of anilines is 1. The van der Waals surface area contributed by atoms with Crippen molar-refractivity contribution < 1.29 is 0 Å². The van der Waals surface area contributed by atoms with Crippen LogP contribution in [0.3, 0.4) is 0 Å². The van der Waals surface area contributed by atoms with Crippen molar-refractivity contribution >= 4 is 17.4 Å². The predicted molar refractivity (Wildman–Crippen MR) is 80.9 cm³/mol. The van der Waals surface area contributed by atoms with Crippen LogP contribution in [0.15, 0.2) is 24.3 Å². The normalized spacial score (nSPS) is 10.8. The van der Waals surface area contributed by atoms with Gasteiger partial charge in [-0.15, -0.1) is 0 Å². The highest BCUT2D eigenvalue weighted by molar-refractivity contribution is 6.30. The molecule has 0 aliphatic heterocycles. The van der Waals surface area contributed by atoms with Gasteiger partial charge in [-0.3, -0.25) is 0 Å². The number of hydrogen-bond donors (Lipinski definition) is 1. The third-order valence-corrected chi connectivity index (χ3v) is 3.29. The van der Waals surface area contributed by atoms with Gasteiger partial charge >= 0.3 is 0 Å². The van der Waals surface area contributed by atoms with E-state index in [1.807, 2.05) is 38.2 Å². The number of nitrogens with one attached hydrogen (secondary N) is 1. The van der Waals surface area contributed by atoms with E-state index in [1.54, 1.807) is 0 Å². The van der Waals surface area contributed by atoms with E-state index in [4.69, 9.17) is 11.6 Å². The second-order valence-electron chi connectivity index (χ2n) is 4.82. The minimum absolute atomic E-state index is 0.291. The van der Waals surface area contributed by atoms with Crippen molar-refractivity contribution in [1.29, 1.82) is 0 Å². The zero-order chi connectivity index (χ0) is 14.0. The van der Waals surface area contributed by atoms with Gasteiger partial charge in [0.25, 0.3) is 0 Å². The lowest BCUT2D eigenvalue weighted by Gasteiger charge is -2.14. The third kappa shape index (κ3) is 2.87. The van der Waals surface area contributed by atoms with E-state index in [2.05, 4.69) is 29.1 Å². The molecule has 0 fully saturated rings. The Balaban J connectivity index is 2.61. The van der Waals surface area contributed by atoms with Crippen LogP contribution in [0.25, 0.3) is 11.3 Å². The minimum atomic E-state index is 0.291. The van der Waals surface area contributed by atoms with Crippen molar-refractivity contribution in [2.24, 2.45) is 0 Å². The Bertz CT molecular complexity index is 577. The molecule has 0 aliphatic carbocycles. The van der Waals surface area contributed by atoms with Crippen molar-refractivity contribution in [3.05, 3.63) is 40.7 Å². The summed E-state index contributed by atoms with van der Waals surface area (Å²) < 4.78 is 0. The Kier molecular flexibility index (Phi) is 4.05. The molecule has 0 bridgehead atoms. The first kappa shape index (κ1) is 13.8. The first-order valence-corrected chi connectivity index (χ1v) is 6.73. The van der Waals surface area contributed by atoms with Crippen molar-refractivity contribution in [3.8, 4) is 11.3 Å². The quantitative estimate of drug-likeness (QED) is 0.909. The van der Waals surface area contributed by atoms with Crippen LogP contribution in [-0.4, -0.2) is 17.0 Å². The summed E-state index contributed by atoms with van der Waals surface area (Å²) in [5.74, 6) is 2.02. The van der Waals surface area contributed by atoms with E-state index in [0.29, 0.717) is 5.92 Å². The number of rotatable bonds is 3. The number of benzene rings is 1. The van der Waals surface area contributed by atoms with Gasteiger partial charge in [0.2, 0.25) is 0 Å². The minimum Gasteiger partial charge on any atom is -0.373 e. The number of aromatic nitrogens is 2. The molecule has 0 saturated heterocycles. The Morgan fingerprint density at radius 3 is 2.26 bits per heavy atom. The smallest absolute Gasteiger partial charge is 0.133 e. The van der Waals surface area contributed by atoms with Gasteiger partial charge in [-0.05, 0) is 19.1 Å². The number of halogens is 1. The van der Waals surface area contributed by atoms with Crippen molar-refractivity contribution in [3.63, 3.8) is 0 Å². The second-order valence-corrected chi connectivity index (χ2v) is 5.25. The van der Waals surface area contributed by atoms with Gasteiger partial charge in [0.15, 0.2) is 0 Å². The summed E-state index contributed by atoms with van der Waals surface area (Å²) in [5.41, 5.74) is 3.07. The molecule has 0 saturated carbocycles. The molecule has 1 N–H and O–H groups in total. The van der Waals surface area contributed by atoms with Crippen LogP contribution in [0.4, 0.5) is 5.82 Å². The highest BCUT2D eigenvalue weighted by Crippen LogP contribution is 2.28. The molecule has 0 unspecified atom stereocenters. The van der Waals surface area contributed by atoms with Gasteiger partial charge in [-0.2, -0.15) is 0 Å². The van der Waals surface area contributed by atoms with Crippen LogP contribution >= 0.6 is 11.6 Å². The molecule has 0 radical (unpaired) electrons. The molecule has 19 heavy (non-hydrogen) atoms. The van der Waals surface area contributed by atoms with Crippen LogP contribution in [-0.2, 0) is 0 Å². The SMILES string of the molecule is CNc1nc(C(C)C)nc(-c2ccc(Cl)cc2)c1C. The molecule has 3 nitrogen and oxygen atoms in total. The topological polar surface area (TPSA) is 37.8 Å². The van der Waals surface area contributed by atoms with Crippen LogP contribution < -0.4 is 5.32 Å². The summed E-state index contributed by atoms with van der Waals surface area (Å²) in [5, 5.41) is 3.86. The third-order valence-electron chi connectivity index (χ3n) is 3.03. The molecule has 100 valence electrons. The first-order chi connectivity index (χ1) is 9.02. The standard InChI is InChI=1S/C15H18ClN3/c1-9(2)14-18-13(10(3)15(17-4)19-14)11-5-7-12(16)8-6-11/h5-9H,1-4H3,(H,17,18,19). The lowest BCUT2D eigenvalue weighted by molar-refractivity contribution is 0.775. The number of hydrogen-bond acceptors (Lipinski definition) is 3. The fourth-order valence-electron chi connectivity index (χ4n) is 1.92. The lowest BCUT2D eigenvalue weighted by atomic mass is 10.1. The van der Waals surface area contributed by atoms with Crippen molar-refractivity contribution in [2.45, 2.75) is 26.7 Å². The molecule has 0 amide bonds. The average molecular weight is 276 g/mol. The summed E-state index contributed by atoms with van der Waals surface area (Å²) >= 11 is 5.93. The van der Waals surface area contributed by atoms with Gasteiger partial charge in [-0.25, -0.2) is 9.97 Å². The van der Waals surface area contributed by atoms with Crippen LogP contribution in [0.1, 0.15) is 31.2 Å². The van der Waals surface area contributed by atoms with E-state index in [9.17, 15) is 0 Å². The van der Waals surface area contributed by atoms with E-state index < -0.39 is 0 Å².